The van der Waals surface area contributed by atoms with Gasteiger partial charge in [-0.05, 0) is 42.0 Å². The van der Waals surface area contributed by atoms with Crippen LogP contribution in [0, 0.1) is 18.8 Å². The molecule has 0 aliphatic carbocycles. The number of carboxylic acid groups (broad SMARTS) is 1. The first-order chi connectivity index (χ1) is 12.5. The minimum atomic E-state index is -0.831. The van der Waals surface area contributed by atoms with E-state index in [1.54, 1.807) is 23.7 Å². The molecule has 6 nitrogen and oxygen atoms in total. The second kappa shape index (κ2) is 8.42. The highest BCUT2D eigenvalue weighted by molar-refractivity contribution is 7.10. The van der Waals surface area contributed by atoms with Gasteiger partial charge in [0.15, 0.2) is 0 Å². The fourth-order valence-electron chi connectivity index (χ4n) is 3.29. The molecule has 7 heteroatoms. The molecule has 1 aliphatic heterocycles. The number of hydrogen-bond acceptors (Lipinski definition) is 5. The summed E-state index contributed by atoms with van der Waals surface area (Å²) in [6.45, 7) is 4.23. The van der Waals surface area contributed by atoms with Gasteiger partial charge >= 0.3 is 5.97 Å². The topological polar surface area (TPSA) is 82.5 Å². The average molecular weight is 373 g/mol. The van der Waals surface area contributed by atoms with Crippen LogP contribution in [0.1, 0.15) is 22.4 Å². The van der Waals surface area contributed by atoms with Crippen LogP contribution in [0.4, 0.5) is 0 Å². The minimum absolute atomic E-state index is 0.0901. The van der Waals surface area contributed by atoms with Gasteiger partial charge in [-0.1, -0.05) is 6.07 Å². The average Bonchev–Trinajstić information content (AvgIpc) is 3.05. The molecule has 1 aliphatic rings. The minimum Gasteiger partial charge on any atom is -0.481 e. The van der Waals surface area contributed by atoms with Crippen LogP contribution in [0.15, 0.2) is 36.0 Å². The van der Waals surface area contributed by atoms with Crippen LogP contribution >= 0.6 is 11.3 Å². The molecule has 0 aromatic carbocycles. The van der Waals surface area contributed by atoms with E-state index in [0.29, 0.717) is 32.6 Å². The standard InChI is InChI=1S/C19H23N3O3S/c1-13-4-6-26-17(13)12-22-10-15(7-16(11-22)19(24)25)18(23)21-9-14-3-2-5-20-8-14/h2-6,8,15-16H,7,9-12H2,1H3,(H,21,23)(H,24,25). The Hall–Kier alpha value is -2.25. The number of carbonyl (C=O) groups is 2. The fourth-order valence-corrected chi connectivity index (χ4v) is 4.24. The lowest BCUT2D eigenvalue weighted by molar-refractivity contribution is -0.145. The Morgan fingerprint density at radius 1 is 1.35 bits per heavy atom. The van der Waals surface area contributed by atoms with E-state index in [0.717, 1.165) is 5.56 Å². The number of rotatable bonds is 6. The van der Waals surface area contributed by atoms with Crippen LogP contribution in [0.25, 0.3) is 0 Å². The molecule has 2 unspecified atom stereocenters. The van der Waals surface area contributed by atoms with Crippen molar-refractivity contribution in [2.75, 3.05) is 13.1 Å². The van der Waals surface area contributed by atoms with E-state index in [1.807, 2.05) is 17.5 Å². The quantitative estimate of drug-likeness (QED) is 0.812. The molecule has 0 saturated carbocycles. The maximum absolute atomic E-state index is 12.6. The van der Waals surface area contributed by atoms with Crippen LogP contribution in [-0.4, -0.2) is 40.0 Å². The summed E-state index contributed by atoms with van der Waals surface area (Å²) >= 11 is 1.67. The molecule has 1 amide bonds. The van der Waals surface area contributed by atoms with Gasteiger partial charge in [0.25, 0.3) is 0 Å². The molecule has 0 spiro atoms. The first kappa shape index (κ1) is 18.5. The summed E-state index contributed by atoms with van der Waals surface area (Å²) in [5.74, 6) is -1.75. The lowest BCUT2D eigenvalue weighted by Gasteiger charge is -2.35. The van der Waals surface area contributed by atoms with Gasteiger partial charge in [0, 0.05) is 43.4 Å². The number of hydrogen-bond donors (Lipinski definition) is 2. The van der Waals surface area contributed by atoms with Crippen molar-refractivity contribution in [1.82, 2.24) is 15.2 Å². The predicted molar refractivity (Wildman–Crippen MR) is 99.6 cm³/mol. The number of carbonyl (C=O) groups excluding carboxylic acids is 1. The van der Waals surface area contributed by atoms with Crippen molar-refractivity contribution in [3.63, 3.8) is 0 Å². The van der Waals surface area contributed by atoms with Crippen LogP contribution in [0.3, 0.4) is 0 Å². The third-order valence-corrected chi connectivity index (χ3v) is 5.78. The summed E-state index contributed by atoms with van der Waals surface area (Å²) < 4.78 is 0. The van der Waals surface area contributed by atoms with Gasteiger partial charge in [0.1, 0.15) is 0 Å². The molecule has 1 fully saturated rings. The molecule has 26 heavy (non-hydrogen) atoms. The zero-order valence-corrected chi connectivity index (χ0v) is 15.5. The number of aryl methyl sites for hydroxylation is 1. The number of carboxylic acids is 1. The molecule has 3 rings (SSSR count). The van der Waals surface area contributed by atoms with Gasteiger partial charge in [-0.2, -0.15) is 0 Å². The first-order valence-corrected chi connectivity index (χ1v) is 9.55. The summed E-state index contributed by atoms with van der Waals surface area (Å²) in [7, 11) is 0. The first-order valence-electron chi connectivity index (χ1n) is 8.67. The highest BCUT2D eigenvalue weighted by Gasteiger charge is 2.35. The van der Waals surface area contributed by atoms with Crippen molar-refractivity contribution >= 4 is 23.2 Å². The number of nitrogens with zero attached hydrogens (tertiary/aromatic N) is 2. The van der Waals surface area contributed by atoms with Gasteiger partial charge < -0.3 is 10.4 Å². The third-order valence-electron chi connectivity index (χ3n) is 4.77. The number of nitrogens with one attached hydrogen (secondary N) is 1. The number of thiophene rings is 1. The number of aliphatic carboxylic acids is 1. The molecule has 2 aromatic heterocycles. The molecule has 2 aromatic rings. The number of aromatic nitrogens is 1. The molecule has 2 N–H and O–H groups in total. The van der Waals surface area contributed by atoms with Gasteiger partial charge in [-0.3, -0.25) is 19.5 Å². The normalized spacial score (nSPS) is 20.7. The largest absolute Gasteiger partial charge is 0.481 e. The third kappa shape index (κ3) is 4.68. The van der Waals surface area contributed by atoms with Gasteiger partial charge in [0.2, 0.25) is 5.91 Å². The summed E-state index contributed by atoms with van der Waals surface area (Å²) in [6, 6.07) is 5.80. The van der Waals surface area contributed by atoms with Gasteiger partial charge in [-0.25, -0.2) is 0 Å². The summed E-state index contributed by atoms with van der Waals surface area (Å²) in [5, 5.41) is 14.4. The molecular weight excluding hydrogens is 350 g/mol. The Bertz CT molecular complexity index is 762. The molecule has 1 saturated heterocycles. The van der Waals surface area contributed by atoms with Gasteiger partial charge in [0.05, 0.1) is 11.8 Å². The highest BCUT2D eigenvalue weighted by Crippen LogP contribution is 2.26. The predicted octanol–water partition coefficient (Wildman–Crippen LogP) is 2.29. The number of likely N-dealkylation sites (tertiary alicyclic amines) is 1. The van der Waals surface area contributed by atoms with Crippen molar-refractivity contribution in [1.29, 1.82) is 0 Å². The SMILES string of the molecule is Cc1ccsc1CN1CC(C(=O)O)CC(C(=O)NCc2cccnc2)C1. The van der Waals surface area contributed by atoms with E-state index in [1.165, 1.54) is 10.4 Å². The van der Waals surface area contributed by atoms with Crippen LogP contribution in [0.2, 0.25) is 0 Å². The Kier molecular flexibility index (Phi) is 6.00. The van der Waals surface area contributed by atoms with E-state index < -0.39 is 11.9 Å². The lowest BCUT2D eigenvalue weighted by atomic mass is 9.88. The van der Waals surface area contributed by atoms with Crippen LogP contribution < -0.4 is 5.32 Å². The maximum atomic E-state index is 12.6. The van der Waals surface area contributed by atoms with Crippen molar-refractivity contribution in [3.05, 3.63) is 52.0 Å². The zero-order valence-electron chi connectivity index (χ0n) is 14.7. The zero-order chi connectivity index (χ0) is 18.5. The van der Waals surface area contributed by atoms with E-state index >= 15 is 0 Å². The molecule has 0 radical (unpaired) electrons. The number of pyridine rings is 1. The lowest BCUT2D eigenvalue weighted by Crippen LogP contribution is -2.47. The summed E-state index contributed by atoms with van der Waals surface area (Å²) in [5.41, 5.74) is 2.14. The van der Waals surface area contributed by atoms with Crippen molar-refractivity contribution in [3.8, 4) is 0 Å². The second-order valence-corrected chi connectivity index (χ2v) is 7.77. The van der Waals surface area contributed by atoms with E-state index in [2.05, 4.69) is 28.2 Å². The molecule has 2 atom stereocenters. The Labute approximate surface area is 156 Å². The summed E-state index contributed by atoms with van der Waals surface area (Å²) in [4.78, 5) is 31.5. The number of piperidine rings is 1. The fraction of sp³-hybridized carbons (Fsp3) is 0.421. The van der Waals surface area contributed by atoms with Crippen molar-refractivity contribution in [2.45, 2.75) is 26.4 Å². The molecule has 0 bridgehead atoms. The highest BCUT2D eigenvalue weighted by atomic mass is 32.1. The molecular formula is C19H23N3O3S. The Balaban J connectivity index is 1.64. The van der Waals surface area contributed by atoms with E-state index in [9.17, 15) is 14.7 Å². The smallest absolute Gasteiger partial charge is 0.307 e. The Morgan fingerprint density at radius 2 is 2.15 bits per heavy atom. The monoisotopic (exact) mass is 373 g/mol. The maximum Gasteiger partial charge on any atom is 0.307 e. The van der Waals surface area contributed by atoms with Crippen LogP contribution in [0.5, 0.6) is 0 Å². The summed E-state index contributed by atoms with van der Waals surface area (Å²) in [6.07, 6.45) is 3.79. The van der Waals surface area contributed by atoms with Crippen molar-refractivity contribution < 1.29 is 14.7 Å². The van der Waals surface area contributed by atoms with E-state index in [4.69, 9.17) is 0 Å². The Morgan fingerprint density at radius 3 is 2.81 bits per heavy atom. The number of amides is 1. The molecule has 3 heterocycles. The van der Waals surface area contributed by atoms with Crippen LogP contribution in [-0.2, 0) is 22.7 Å². The molecule has 138 valence electrons. The van der Waals surface area contributed by atoms with Gasteiger partial charge in [-0.15, -0.1) is 11.3 Å². The second-order valence-electron chi connectivity index (χ2n) is 6.77. The van der Waals surface area contributed by atoms with E-state index in [-0.39, 0.29) is 11.8 Å². The van der Waals surface area contributed by atoms with Crippen molar-refractivity contribution in [2.24, 2.45) is 11.8 Å².